The normalized spacial score (nSPS) is 25.8. The number of rotatable bonds is 4. The lowest BCUT2D eigenvalue weighted by atomic mass is 9.91. The smallest absolute Gasteiger partial charge is 0.122 e. The Bertz CT molecular complexity index is 374. The van der Waals surface area contributed by atoms with Gasteiger partial charge >= 0.3 is 0 Å². The Morgan fingerprint density at radius 1 is 1.47 bits per heavy atom. The van der Waals surface area contributed by atoms with Crippen LogP contribution in [0.5, 0.6) is 5.75 Å². The molecule has 0 aromatic heterocycles. The van der Waals surface area contributed by atoms with Crippen molar-refractivity contribution in [2.45, 2.75) is 37.0 Å². The van der Waals surface area contributed by atoms with Crippen molar-refractivity contribution in [2.24, 2.45) is 5.73 Å². The summed E-state index contributed by atoms with van der Waals surface area (Å²) < 4.78 is 5.62. The van der Waals surface area contributed by atoms with Gasteiger partial charge in [-0.15, -0.1) is 0 Å². The van der Waals surface area contributed by atoms with Crippen LogP contribution < -0.4 is 10.5 Å². The van der Waals surface area contributed by atoms with E-state index < -0.39 is 0 Å². The van der Waals surface area contributed by atoms with E-state index in [0.717, 1.165) is 12.2 Å². The van der Waals surface area contributed by atoms with Crippen LogP contribution >= 0.6 is 11.8 Å². The van der Waals surface area contributed by atoms with Crippen molar-refractivity contribution in [3.8, 4) is 5.75 Å². The minimum Gasteiger partial charge on any atom is -0.496 e. The molecule has 1 aliphatic heterocycles. The minimum atomic E-state index is 0.200. The molecule has 0 aliphatic carbocycles. The first-order valence-electron chi connectivity index (χ1n) is 6.17. The molecule has 17 heavy (non-hydrogen) atoms. The van der Waals surface area contributed by atoms with Crippen molar-refractivity contribution in [1.29, 1.82) is 0 Å². The number of nitrogens with two attached hydrogens (primary N) is 1. The zero-order valence-electron chi connectivity index (χ0n) is 10.6. The topological polar surface area (TPSA) is 35.2 Å². The SMILES string of the molecule is COc1ccccc1CC(N)C1(C)CCCS1. The fourth-order valence-corrected chi connectivity index (χ4v) is 3.76. The summed E-state index contributed by atoms with van der Waals surface area (Å²) in [5, 5.41) is 0. The number of hydrogen-bond acceptors (Lipinski definition) is 3. The molecule has 1 fully saturated rings. The highest BCUT2D eigenvalue weighted by atomic mass is 32.2. The highest BCUT2D eigenvalue weighted by molar-refractivity contribution is 8.00. The number of methoxy groups -OCH3 is 1. The van der Waals surface area contributed by atoms with Crippen LogP contribution in [-0.2, 0) is 6.42 Å². The molecule has 1 aromatic carbocycles. The molecule has 2 atom stereocenters. The van der Waals surface area contributed by atoms with Crippen molar-refractivity contribution in [3.63, 3.8) is 0 Å². The van der Waals surface area contributed by atoms with Gasteiger partial charge in [-0.1, -0.05) is 18.2 Å². The maximum Gasteiger partial charge on any atom is 0.122 e. The lowest BCUT2D eigenvalue weighted by molar-refractivity contribution is 0.403. The quantitative estimate of drug-likeness (QED) is 0.893. The number of benzene rings is 1. The van der Waals surface area contributed by atoms with Gasteiger partial charge in [-0.25, -0.2) is 0 Å². The fraction of sp³-hybridized carbons (Fsp3) is 0.571. The van der Waals surface area contributed by atoms with Crippen LogP contribution in [0, 0.1) is 0 Å². The lowest BCUT2D eigenvalue weighted by Gasteiger charge is -2.30. The Labute approximate surface area is 108 Å². The van der Waals surface area contributed by atoms with Crippen molar-refractivity contribution in [1.82, 2.24) is 0 Å². The van der Waals surface area contributed by atoms with Gasteiger partial charge in [0.25, 0.3) is 0 Å². The zero-order valence-corrected chi connectivity index (χ0v) is 11.4. The second-order valence-corrected chi connectivity index (χ2v) is 6.52. The molecule has 1 saturated heterocycles. The van der Waals surface area contributed by atoms with Crippen LogP contribution in [0.2, 0.25) is 0 Å². The third-order valence-electron chi connectivity index (χ3n) is 3.67. The fourth-order valence-electron chi connectivity index (χ4n) is 2.42. The molecule has 0 saturated carbocycles. The molecule has 3 heteroatoms. The second-order valence-electron chi connectivity index (χ2n) is 4.89. The maximum atomic E-state index is 6.39. The summed E-state index contributed by atoms with van der Waals surface area (Å²) >= 11 is 2.02. The van der Waals surface area contributed by atoms with E-state index in [1.54, 1.807) is 7.11 Å². The molecular weight excluding hydrogens is 230 g/mol. The van der Waals surface area contributed by atoms with Crippen molar-refractivity contribution in [3.05, 3.63) is 29.8 Å². The van der Waals surface area contributed by atoms with E-state index in [0.29, 0.717) is 0 Å². The first-order chi connectivity index (χ1) is 8.15. The molecule has 0 bridgehead atoms. The summed E-state index contributed by atoms with van der Waals surface area (Å²) in [6, 6.07) is 8.37. The highest BCUT2D eigenvalue weighted by Crippen LogP contribution is 2.41. The average molecular weight is 251 g/mol. The summed E-state index contributed by atoms with van der Waals surface area (Å²) in [7, 11) is 1.72. The van der Waals surface area contributed by atoms with E-state index in [9.17, 15) is 0 Å². The Balaban J connectivity index is 2.09. The molecule has 2 N–H and O–H groups in total. The van der Waals surface area contributed by atoms with E-state index in [2.05, 4.69) is 19.1 Å². The van der Waals surface area contributed by atoms with Crippen molar-refractivity contribution in [2.75, 3.05) is 12.9 Å². The van der Waals surface area contributed by atoms with Gasteiger partial charge in [-0.2, -0.15) is 11.8 Å². The Morgan fingerprint density at radius 2 is 2.24 bits per heavy atom. The lowest BCUT2D eigenvalue weighted by Crippen LogP contribution is -2.42. The van der Waals surface area contributed by atoms with Gasteiger partial charge in [0.1, 0.15) is 5.75 Å². The van der Waals surface area contributed by atoms with Crippen LogP contribution in [0.3, 0.4) is 0 Å². The van der Waals surface area contributed by atoms with Gasteiger partial charge in [-0.05, 0) is 43.6 Å². The van der Waals surface area contributed by atoms with Crippen LogP contribution in [0.1, 0.15) is 25.3 Å². The predicted molar refractivity (Wildman–Crippen MR) is 74.8 cm³/mol. The van der Waals surface area contributed by atoms with Crippen LogP contribution in [0.4, 0.5) is 0 Å². The van der Waals surface area contributed by atoms with E-state index in [-0.39, 0.29) is 10.8 Å². The van der Waals surface area contributed by atoms with E-state index >= 15 is 0 Å². The molecule has 0 spiro atoms. The molecule has 1 aromatic rings. The zero-order chi connectivity index (χ0) is 12.3. The first-order valence-corrected chi connectivity index (χ1v) is 7.16. The molecule has 0 amide bonds. The number of hydrogen-bond donors (Lipinski definition) is 1. The third kappa shape index (κ3) is 2.78. The van der Waals surface area contributed by atoms with Crippen LogP contribution in [0.25, 0.3) is 0 Å². The van der Waals surface area contributed by atoms with E-state index in [1.165, 1.54) is 24.2 Å². The minimum absolute atomic E-state index is 0.200. The van der Waals surface area contributed by atoms with E-state index in [1.807, 2.05) is 23.9 Å². The van der Waals surface area contributed by atoms with E-state index in [4.69, 9.17) is 10.5 Å². The Morgan fingerprint density at radius 3 is 2.88 bits per heavy atom. The third-order valence-corrected chi connectivity index (χ3v) is 5.33. The van der Waals surface area contributed by atoms with Crippen LogP contribution in [-0.4, -0.2) is 23.7 Å². The largest absolute Gasteiger partial charge is 0.496 e. The van der Waals surface area contributed by atoms with Gasteiger partial charge in [-0.3, -0.25) is 0 Å². The van der Waals surface area contributed by atoms with Crippen LogP contribution in [0.15, 0.2) is 24.3 Å². The van der Waals surface area contributed by atoms with Gasteiger partial charge in [0.05, 0.1) is 7.11 Å². The molecule has 2 nitrogen and oxygen atoms in total. The van der Waals surface area contributed by atoms with Gasteiger partial charge < -0.3 is 10.5 Å². The van der Waals surface area contributed by atoms with Crippen molar-refractivity contribution >= 4 is 11.8 Å². The molecular formula is C14H21NOS. The number of thioether (sulfide) groups is 1. The first kappa shape index (κ1) is 12.8. The molecule has 0 radical (unpaired) electrons. The second kappa shape index (κ2) is 5.32. The summed E-state index contributed by atoms with van der Waals surface area (Å²) in [5.74, 6) is 2.20. The maximum absolute atomic E-state index is 6.39. The molecule has 2 unspecified atom stereocenters. The highest BCUT2D eigenvalue weighted by Gasteiger charge is 2.35. The van der Waals surface area contributed by atoms with Crippen molar-refractivity contribution < 1.29 is 4.74 Å². The molecule has 1 heterocycles. The van der Waals surface area contributed by atoms with Gasteiger partial charge in [0.15, 0.2) is 0 Å². The number of ether oxygens (including phenoxy) is 1. The standard InChI is InChI=1S/C14H21NOS/c1-14(8-5-9-17-14)13(15)10-11-6-3-4-7-12(11)16-2/h3-4,6-7,13H,5,8-10,15H2,1-2H3. The predicted octanol–water partition coefficient (Wildman–Crippen LogP) is 2.85. The monoisotopic (exact) mass is 251 g/mol. The Hall–Kier alpha value is -0.670. The summed E-state index contributed by atoms with van der Waals surface area (Å²) in [4.78, 5) is 0. The summed E-state index contributed by atoms with van der Waals surface area (Å²) in [5.41, 5.74) is 7.61. The average Bonchev–Trinajstić information content (AvgIpc) is 2.78. The number of para-hydroxylation sites is 1. The molecule has 2 rings (SSSR count). The van der Waals surface area contributed by atoms with Gasteiger partial charge in [0, 0.05) is 10.8 Å². The molecule has 1 aliphatic rings. The molecule has 94 valence electrons. The Kier molecular flexibility index (Phi) is 4.00. The summed E-state index contributed by atoms with van der Waals surface area (Å²) in [6.07, 6.45) is 3.42. The summed E-state index contributed by atoms with van der Waals surface area (Å²) in [6.45, 7) is 2.30. The van der Waals surface area contributed by atoms with Gasteiger partial charge in [0.2, 0.25) is 0 Å².